The van der Waals surface area contributed by atoms with Gasteiger partial charge in [-0.05, 0) is 23.3 Å². The Kier molecular flexibility index (Phi) is 3.28. The Morgan fingerprint density at radius 1 is 0.875 bits per heavy atom. The molecule has 0 aliphatic rings. The first-order chi connectivity index (χ1) is 7.75. The van der Waals surface area contributed by atoms with Gasteiger partial charge in [-0.3, -0.25) is 0 Å². The van der Waals surface area contributed by atoms with Crippen molar-refractivity contribution in [2.45, 2.75) is 0 Å². The monoisotopic (exact) mass is 229 g/mol. The molecule has 0 heterocycles. The molecule has 0 radical (unpaired) electrons. The number of benzene rings is 2. The van der Waals surface area contributed by atoms with E-state index in [4.69, 9.17) is 17.3 Å². The van der Waals surface area contributed by atoms with Gasteiger partial charge in [0.25, 0.3) is 0 Å². The van der Waals surface area contributed by atoms with Crippen LogP contribution in [0.1, 0.15) is 11.1 Å². The summed E-state index contributed by atoms with van der Waals surface area (Å²) in [4.78, 5) is 0. The van der Waals surface area contributed by atoms with Crippen molar-refractivity contribution < 1.29 is 0 Å². The van der Waals surface area contributed by atoms with Crippen LogP contribution >= 0.6 is 11.6 Å². The van der Waals surface area contributed by atoms with E-state index >= 15 is 0 Å². The van der Waals surface area contributed by atoms with E-state index in [1.54, 1.807) is 0 Å². The topological polar surface area (TPSA) is 26.0 Å². The van der Waals surface area contributed by atoms with Crippen molar-refractivity contribution in [3.63, 3.8) is 0 Å². The van der Waals surface area contributed by atoms with Crippen molar-refractivity contribution in [1.29, 1.82) is 0 Å². The normalized spacial score (nSPS) is 10.8. The maximum absolute atomic E-state index is 5.94. The van der Waals surface area contributed by atoms with Crippen molar-refractivity contribution in [3.8, 4) is 0 Å². The van der Waals surface area contributed by atoms with E-state index in [0.29, 0.717) is 10.7 Å². The molecule has 0 aromatic heterocycles. The SMILES string of the molecule is Nc1ccc(/C=C/c2ccccc2)cc1Cl. The van der Waals surface area contributed by atoms with Crippen LogP contribution in [0, 0.1) is 0 Å². The van der Waals surface area contributed by atoms with Gasteiger partial charge in [0, 0.05) is 0 Å². The highest BCUT2D eigenvalue weighted by atomic mass is 35.5. The van der Waals surface area contributed by atoms with E-state index in [1.807, 2.05) is 48.6 Å². The Morgan fingerprint density at radius 2 is 1.56 bits per heavy atom. The first kappa shape index (κ1) is 10.8. The fourth-order valence-electron chi connectivity index (χ4n) is 1.40. The molecule has 0 bridgehead atoms. The molecule has 2 aromatic rings. The minimum atomic E-state index is 0.593. The molecule has 2 heteroatoms. The third kappa shape index (κ3) is 2.65. The Balaban J connectivity index is 2.21. The zero-order valence-electron chi connectivity index (χ0n) is 8.73. The lowest BCUT2D eigenvalue weighted by Crippen LogP contribution is -1.85. The van der Waals surface area contributed by atoms with E-state index in [-0.39, 0.29) is 0 Å². The van der Waals surface area contributed by atoms with Gasteiger partial charge in [0.2, 0.25) is 0 Å². The molecular weight excluding hydrogens is 218 g/mol. The molecule has 0 saturated heterocycles. The molecule has 0 saturated carbocycles. The summed E-state index contributed by atoms with van der Waals surface area (Å²) in [6.07, 6.45) is 4.06. The van der Waals surface area contributed by atoms with Crippen LogP contribution in [0.2, 0.25) is 5.02 Å². The molecule has 0 amide bonds. The third-order valence-electron chi connectivity index (χ3n) is 2.29. The number of anilines is 1. The Hall–Kier alpha value is -1.73. The number of hydrogen-bond donors (Lipinski definition) is 1. The summed E-state index contributed by atoms with van der Waals surface area (Å²) >= 11 is 5.94. The van der Waals surface area contributed by atoms with Crippen molar-refractivity contribution in [3.05, 3.63) is 64.7 Å². The number of halogens is 1. The Morgan fingerprint density at radius 3 is 2.25 bits per heavy atom. The average molecular weight is 230 g/mol. The molecule has 80 valence electrons. The maximum Gasteiger partial charge on any atom is 0.0641 e. The van der Waals surface area contributed by atoms with Crippen LogP contribution in [0.3, 0.4) is 0 Å². The van der Waals surface area contributed by atoms with Gasteiger partial charge >= 0.3 is 0 Å². The van der Waals surface area contributed by atoms with E-state index in [1.165, 1.54) is 0 Å². The standard InChI is InChI=1S/C14H12ClN/c15-13-10-12(8-9-14(13)16)7-6-11-4-2-1-3-5-11/h1-10H,16H2/b7-6+. The van der Waals surface area contributed by atoms with Gasteiger partial charge in [0.15, 0.2) is 0 Å². The number of rotatable bonds is 2. The van der Waals surface area contributed by atoms with E-state index < -0.39 is 0 Å². The molecule has 2 N–H and O–H groups in total. The molecule has 0 aliphatic carbocycles. The minimum Gasteiger partial charge on any atom is -0.398 e. The molecule has 0 spiro atoms. The van der Waals surface area contributed by atoms with E-state index in [0.717, 1.165) is 11.1 Å². The molecule has 2 aromatic carbocycles. The summed E-state index contributed by atoms with van der Waals surface area (Å²) in [5.74, 6) is 0. The van der Waals surface area contributed by atoms with Gasteiger partial charge in [-0.2, -0.15) is 0 Å². The molecule has 2 rings (SSSR count). The van der Waals surface area contributed by atoms with Gasteiger partial charge in [-0.25, -0.2) is 0 Å². The Labute approximate surface area is 100 Å². The second kappa shape index (κ2) is 4.86. The highest BCUT2D eigenvalue weighted by Gasteiger charge is 1.95. The van der Waals surface area contributed by atoms with E-state index in [9.17, 15) is 0 Å². The number of nitrogen functional groups attached to an aromatic ring is 1. The molecule has 0 fully saturated rings. The van der Waals surface area contributed by atoms with Crippen molar-refractivity contribution in [2.24, 2.45) is 0 Å². The Bertz CT molecular complexity index is 503. The van der Waals surface area contributed by atoms with Gasteiger partial charge in [0.1, 0.15) is 0 Å². The van der Waals surface area contributed by atoms with Crippen LogP contribution in [0.4, 0.5) is 5.69 Å². The second-order valence-corrected chi connectivity index (χ2v) is 3.93. The van der Waals surface area contributed by atoms with Crippen molar-refractivity contribution >= 4 is 29.4 Å². The highest BCUT2D eigenvalue weighted by molar-refractivity contribution is 6.33. The summed E-state index contributed by atoms with van der Waals surface area (Å²) in [5.41, 5.74) is 8.46. The first-order valence-corrected chi connectivity index (χ1v) is 5.42. The van der Waals surface area contributed by atoms with Gasteiger partial charge in [0.05, 0.1) is 10.7 Å². The predicted molar refractivity (Wildman–Crippen MR) is 71.2 cm³/mol. The van der Waals surface area contributed by atoms with Crippen molar-refractivity contribution in [1.82, 2.24) is 0 Å². The summed E-state index contributed by atoms with van der Waals surface area (Å²) in [6, 6.07) is 15.7. The zero-order valence-corrected chi connectivity index (χ0v) is 9.48. The third-order valence-corrected chi connectivity index (χ3v) is 2.62. The molecule has 0 unspecified atom stereocenters. The van der Waals surface area contributed by atoms with Gasteiger partial charge < -0.3 is 5.73 Å². The lowest BCUT2D eigenvalue weighted by atomic mass is 10.1. The van der Waals surface area contributed by atoms with E-state index in [2.05, 4.69) is 12.1 Å². The summed E-state index contributed by atoms with van der Waals surface area (Å²) in [6.45, 7) is 0. The fraction of sp³-hybridized carbons (Fsp3) is 0. The van der Waals surface area contributed by atoms with Gasteiger partial charge in [-0.1, -0.05) is 60.2 Å². The molecule has 0 atom stereocenters. The summed E-state index contributed by atoms with van der Waals surface area (Å²) in [7, 11) is 0. The van der Waals surface area contributed by atoms with Crippen LogP contribution < -0.4 is 5.73 Å². The van der Waals surface area contributed by atoms with Crippen LogP contribution in [0.15, 0.2) is 48.5 Å². The minimum absolute atomic E-state index is 0.593. The van der Waals surface area contributed by atoms with Crippen molar-refractivity contribution in [2.75, 3.05) is 5.73 Å². The predicted octanol–water partition coefficient (Wildman–Crippen LogP) is 4.09. The highest BCUT2D eigenvalue weighted by Crippen LogP contribution is 2.20. The van der Waals surface area contributed by atoms with Crippen LogP contribution in [-0.4, -0.2) is 0 Å². The van der Waals surface area contributed by atoms with Crippen LogP contribution in [-0.2, 0) is 0 Å². The first-order valence-electron chi connectivity index (χ1n) is 5.04. The summed E-state index contributed by atoms with van der Waals surface area (Å²) in [5, 5.41) is 0.593. The lowest BCUT2D eigenvalue weighted by molar-refractivity contribution is 1.63. The average Bonchev–Trinajstić information content (AvgIpc) is 2.32. The zero-order chi connectivity index (χ0) is 11.4. The smallest absolute Gasteiger partial charge is 0.0641 e. The van der Waals surface area contributed by atoms with Gasteiger partial charge in [-0.15, -0.1) is 0 Å². The quantitative estimate of drug-likeness (QED) is 0.609. The molecular formula is C14H12ClN. The number of hydrogen-bond acceptors (Lipinski definition) is 1. The number of nitrogens with two attached hydrogens (primary N) is 1. The molecule has 0 aliphatic heterocycles. The molecule has 16 heavy (non-hydrogen) atoms. The maximum atomic E-state index is 5.94. The largest absolute Gasteiger partial charge is 0.398 e. The fourth-order valence-corrected chi connectivity index (χ4v) is 1.59. The van der Waals surface area contributed by atoms with Crippen LogP contribution in [0.25, 0.3) is 12.2 Å². The summed E-state index contributed by atoms with van der Waals surface area (Å²) < 4.78 is 0. The lowest BCUT2D eigenvalue weighted by Gasteiger charge is -1.99. The molecule has 1 nitrogen and oxygen atoms in total. The second-order valence-electron chi connectivity index (χ2n) is 3.52. The van der Waals surface area contributed by atoms with Crippen LogP contribution in [0.5, 0.6) is 0 Å².